The van der Waals surface area contributed by atoms with E-state index in [9.17, 15) is 4.79 Å². The molecule has 4 rings (SSSR count). The van der Waals surface area contributed by atoms with Crippen molar-refractivity contribution in [3.8, 4) is 11.3 Å². The van der Waals surface area contributed by atoms with Crippen LogP contribution in [0, 0.1) is 0 Å². The quantitative estimate of drug-likeness (QED) is 0.817. The van der Waals surface area contributed by atoms with Crippen molar-refractivity contribution >= 4 is 17.7 Å². The minimum absolute atomic E-state index is 0.0754. The zero-order valence-electron chi connectivity index (χ0n) is 15.9. The van der Waals surface area contributed by atoms with Crippen molar-refractivity contribution in [3.63, 3.8) is 0 Å². The molecule has 0 spiro atoms. The molecule has 3 heterocycles. The Balaban J connectivity index is 1.53. The molecule has 0 bridgehead atoms. The van der Waals surface area contributed by atoms with E-state index in [1.807, 2.05) is 35.2 Å². The number of aromatic nitrogens is 2. The third-order valence-electron chi connectivity index (χ3n) is 5.12. The highest BCUT2D eigenvalue weighted by atomic mass is 16.5. The summed E-state index contributed by atoms with van der Waals surface area (Å²) in [6.45, 7) is 6.27. The molecule has 0 atom stereocenters. The monoisotopic (exact) mass is 382 g/mol. The van der Waals surface area contributed by atoms with Crippen molar-refractivity contribution in [2.75, 3.05) is 63.1 Å². The van der Waals surface area contributed by atoms with Gasteiger partial charge in [0.2, 0.25) is 5.95 Å². The summed E-state index contributed by atoms with van der Waals surface area (Å²) in [5, 5.41) is 3.32. The van der Waals surface area contributed by atoms with Gasteiger partial charge in [-0.25, -0.2) is 4.98 Å². The molecule has 1 aromatic heterocycles. The molecule has 148 valence electrons. The first-order chi connectivity index (χ1) is 13.7. The highest BCUT2D eigenvalue weighted by Crippen LogP contribution is 2.24. The van der Waals surface area contributed by atoms with Crippen molar-refractivity contribution in [3.05, 3.63) is 35.9 Å². The van der Waals surface area contributed by atoms with Crippen molar-refractivity contribution in [2.45, 2.75) is 6.42 Å². The molecule has 8 nitrogen and oxygen atoms in total. The highest BCUT2D eigenvalue weighted by Gasteiger charge is 2.18. The van der Waals surface area contributed by atoms with E-state index in [1.54, 1.807) is 0 Å². The Morgan fingerprint density at radius 2 is 1.82 bits per heavy atom. The Morgan fingerprint density at radius 1 is 1.04 bits per heavy atom. The number of amides is 1. The molecule has 8 heteroatoms. The van der Waals surface area contributed by atoms with Gasteiger partial charge in [0, 0.05) is 49.9 Å². The van der Waals surface area contributed by atoms with Crippen LogP contribution in [-0.4, -0.2) is 73.3 Å². The van der Waals surface area contributed by atoms with E-state index in [1.165, 1.54) is 0 Å². The number of ether oxygens (including phenoxy) is 1. The van der Waals surface area contributed by atoms with Gasteiger partial charge in [0.1, 0.15) is 5.82 Å². The Hall–Kier alpha value is -2.71. The zero-order valence-corrected chi connectivity index (χ0v) is 15.9. The number of hydrogen-bond donors (Lipinski definition) is 2. The van der Waals surface area contributed by atoms with Gasteiger partial charge in [-0.05, 0) is 25.1 Å². The number of anilines is 2. The fourth-order valence-electron chi connectivity index (χ4n) is 3.57. The third kappa shape index (κ3) is 4.23. The zero-order chi connectivity index (χ0) is 19.3. The van der Waals surface area contributed by atoms with Gasteiger partial charge in [-0.2, -0.15) is 4.98 Å². The topological polar surface area (TPSA) is 96.6 Å². The molecule has 1 amide bonds. The van der Waals surface area contributed by atoms with Gasteiger partial charge in [-0.15, -0.1) is 0 Å². The number of nitrogens with one attached hydrogen (secondary N) is 1. The second kappa shape index (κ2) is 8.53. The summed E-state index contributed by atoms with van der Waals surface area (Å²) in [6.07, 6.45) is 0.981. The van der Waals surface area contributed by atoms with Crippen LogP contribution in [0.4, 0.5) is 11.8 Å². The first kappa shape index (κ1) is 18.6. The molecule has 2 saturated heterocycles. The van der Waals surface area contributed by atoms with E-state index in [0.717, 1.165) is 62.8 Å². The van der Waals surface area contributed by atoms with Crippen molar-refractivity contribution < 1.29 is 9.53 Å². The second-order valence-corrected chi connectivity index (χ2v) is 7.04. The average Bonchev–Trinajstić information content (AvgIpc) is 3.03. The lowest BCUT2D eigenvalue weighted by atomic mass is 10.1. The number of rotatable bonds is 3. The summed E-state index contributed by atoms with van der Waals surface area (Å²) in [7, 11) is 0. The lowest BCUT2D eigenvalue weighted by Gasteiger charge is -2.28. The Kier molecular flexibility index (Phi) is 5.68. The normalized spacial score (nSPS) is 18.0. The minimum Gasteiger partial charge on any atom is -0.378 e. The van der Waals surface area contributed by atoms with Crippen LogP contribution >= 0.6 is 0 Å². The predicted octanol–water partition coefficient (Wildman–Crippen LogP) is 0.998. The van der Waals surface area contributed by atoms with E-state index < -0.39 is 0 Å². The first-order valence-corrected chi connectivity index (χ1v) is 9.78. The number of carbonyl (C=O) groups is 1. The van der Waals surface area contributed by atoms with Gasteiger partial charge in [0.15, 0.2) is 0 Å². The fraction of sp³-hybridized carbons (Fsp3) is 0.450. The Bertz CT molecular complexity index is 812. The molecule has 2 aliphatic rings. The van der Waals surface area contributed by atoms with E-state index >= 15 is 0 Å². The van der Waals surface area contributed by atoms with Gasteiger partial charge < -0.3 is 25.6 Å². The van der Waals surface area contributed by atoms with E-state index in [-0.39, 0.29) is 11.9 Å². The molecule has 0 radical (unpaired) electrons. The minimum atomic E-state index is 0.0754. The maximum Gasteiger partial charge on any atom is 0.253 e. The summed E-state index contributed by atoms with van der Waals surface area (Å²) in [5.74, 6) is 1.13. The van der Waals surface area contributed by atoms with Gasteiger partial charge in [-0.3, -0.25) is 4.79 Å². The second-order valence-electron chi connectivity index (χ2n) is 7.04. The van der Waals surface area contributed by atoms with Crippen LogP contribution in [0.3, 0.4) is 0 Å². The van der Waals surface area contributed by atoms with Crippen LogP contribution in [0.2, 0.25) is 0 Å². The Morgan fingerprint density at radius 3 is 2.61 bits per heavy atom. The first-order valence-electron chi connectivity index (χ1n) is 9.78. The molecular formula is C20H26N6O2. The van der Waals surface area contributed by atoms with Crippen LogP contribution < -0.4 is 16.0 Å². The van der Waals surface area contributed by atoms with E-state index in [4.69, 9.17) is 10.5 Å². The van der Waals surface area contributed by atoms with Crippen LogP contribution in [0.15, 0.2) is 30.3 Å². The lowest BCUT2D eigenvalue weighted by Crippen LogP contribution is -2.36. The van der Waals surface area contributed by atoms with Crippen LogP contribution in [0.1, 0.15) is 16.8 Å². The molecule has 0 unspecified atom stereocenters. The maximum absolute atomic E-state index is 12.7. The van der Waals surface area contributed by atoms with Gasteiger partial charge >= 0.3 is 0 Å². The largest absolute Gasteiger partial charge is 0.378 e. The molecule has 0 saturated carbocycles. The number of nitrogens with zero attached hydrogens (tertiary/aromatic N) is 4. The average molecular weight is 382 g/mol. The van der Waals surface area contributed by atoms with E-state index in [0.29, 0.717) is 18.8 Å². The molecule has 1 aromatic carbocycles. The Labute approximate surface area is 164 Å². The molecule has 2 fully saturated rings. The summed E-state index contributed by atoms with van der Waals surface area (Å²) in [5.41, 5.74) is 8.31. The number of nitrogen functional groups attached to an aromatic ring is 1. The molecule has 0 aliphatic carbocycles. The van der Waals surface area contributed by atoms with Gasteiger partial charge in [0.25, 0.3) is 5.91 Å². The SMILES string of the molecule is Nc1nc(-c2ccc(C(=O)N3CCCNCC3)cc2)cc(N2CCOCC2)n1. The predicted molar refractivity (Wildman–Crippen MR) is 108 cm³/mol. The molecule has 3 N–H and O–H groups in total. The summed E-state index contributed by atoms with van der Waals surface area (Å²) < 4.78 is 5.40. The standard InChI is InChI=1S/C20H26N6O2/c21-20-23-17(14-18(24-20)25-10-12-28-13-11-25)15-2-4-16(5-3-15)19(27)26-8-1-6-22-7-9-26/h2-5,14,22H,1,6-13H2,(H2,21,23,24). The molecule has 2 aromatic rings. The van der Waals surface area contributed by atoms with Crippen LogP contribution in [0.25, 0.3) is 11.3 Å². The fourth-order valence-corrected chi connectivity index (χ4v) is 3.57. The number of carbonyl (C=O) groups excluding carboxylic acids is 1. The van der Waals surface area contributed by atoms with Crippen LogP contribution in [0.5, 0.6) is 0 Å². The molecular weight excluding hydrogens is 356 g/mol. The van der Waals surface area contributed by atoms with Crippen molar-refractivity contribution in [2.24, 2.45) is 0 Å². The smallest absolute Gasteiger partial charge is 0.253 e. The number of benzene rings is 1. The van der Waals surface area contributed by atoms with Crippen LogP contribution in [-0.2, 0) is 4.74 Å². The number of hydrogen-bond acceptors (Lipinski definition) is 7. The van der Waals surface area contributed by atoms with Gasteiger partial charge in [0.05, 0.1) is 18.9 Å². The number of morpholine rings is 1. The molecule has 2 aliphatic heterocycles. The number of nitrogens with two attached hydrogens (primary N) is 1. The summed E-state index contributed by atoms with van der Waals surface area (Å²) in [4.78, 5) is 25.6. The summed E-state index contributed by atoms with van der Waals surface area (Å²) >= 11 is 0. The highest BCUT2D eigenvalue weighted by molar-refractivity contribution is 5.94. The summed E-state index contributed by atoms with van der Waals surface area (Å²) in [6, 6.07) is 9.52. The molecule has 28 heavy (non-hydrogen) atoms. The maximum atomic E-state index is 12.7. The van der Waals surface area contributed by atoms with Crippen molar-refractivity contribution in [1.29, 1.82) is 0 Å². The third-order valence-corrected chi connectivity index (χ3v) is 5.12. The van der Waals surface area contributed by atoms with Crippen molar-refractivity contribution in [1.82, 2.24) is 20.2 Å². The van der Waals surface area contributed by atoms with Gasteiger partial charge in [-0.1, -0.05) is 12.1 Å². The van der Waals surface area contributed by atoms with E-state index in [2.05, 4.69) is 20.2 Å². The lowest BCUT2D eigenvalue weighted by molar-refractivity contribution is 0.0766.